The van der Waals surface area contributed by atoms with Crippen molar-refractivity contribution >= 4 is 11.4 Å². The molecule has 26 heavy (non-hydrogen) atoms. The largest absolute Gasteiger partial charge is 0.507 e. The van der Waals surface area contributed by atoms with Gasteiger partial charge in [0.1, 0.15) is 23.5 Å². The fourth-order valence-corrected chi connectivity index (χ4v) is 3.51. The molecule has 3 rings (SSSR count). The third-order valence-corrected chi connectivity index (χ3v) is 4.70. The average Bonchev–Trinajstić information content (AvgIpc) is 2.61. The molecule has 0 heterocycles. The normalized spacial score (nSPS) is 14.7. The van der Waals surface area contributed by atoms with Crippen LogP contribution in [0.2, 0.25) is 0 Å². The first-order valence-electron chi connectivity index (χ1n) is 8.35. The van der Waals surface area contributed by atoms with Gasteiger partial charge in [-0.15, -0.1) is 0 Å². The molecule has 0 bridgehead atoms. The minimum absolute atomic E-state index is 0.0650. The summed E-state index contributed by atoms with van der Waals surface area (Å²) in [7, 11) is 0. The lowest BCUT2D eigenvalue weighted by Gasteiger charge is -2.33. The second kappa shape index (κ2) is 6.50. The number of phenolic OH excluding ortho intramolecular Hbond substituents is 1. The second-order valence-electron chi connectivity index (χ2n) is 7.31. The lowest BCUT2D eigenvalue weighted by atomic mass is 9.70. The molecule has 1 aliphatic carbocycles. The smallest absolute Gasteiger partial charge is 0.196 e. The van der Waals surface area contributed by atoms with Gasteiger partial charge in [-0.2, -0.15) is 10.5 Å². The summed E-state index contributed by atoms with van der Waals surface area (Å²) in [6, 6.07) is 15.7. The van der Waals surface area contributed by atoms with Crippen molar-refractivity contribution in [3.63, 3.8) is 0 Å². The molecule has 4 nitrogen and oxygen atoms in total. The number of hydrogen-bond acceptors (Lipinski definition) is 4. The van der Waals surface area contributed by atoms with Crippen LogP contribution in [0.5, 0.6) is 5.75 Å². The third-order valence-electron chi connectivity index (χ3n) is 4.70. The van der Waals surface area contributed by atoms with E-state index in [1.165, 1.54) is 6.07 Å². The number of nitrogens with zero attached hydrogens (tertiary/aromatic N) is 2. The molecule has 0 saturated carbocycles. The molecule has 0 amide bonds. The molecule has 0 unspecified atom stereocenters. The Kier molecular flexibility index (Phi) is 4.36. The Morgan fingerprint density at radius 1 is 1.08 bits per heavy atom. The van der Waals surface area contributed by atoms with E-state index in [2.05, 4.69) is 13.8 Å². The van der Waals surface area contributed by atoms with Gasteiger partial charge in [0.15, 0.2) is 5.78 Å². The molecular formula is C22H18N2O2. The monoisotopic (exact) mass is 342 g/mol. The number of carbonyl (C=O) groups excluding carboxylic acids is 1. The Balaban J connectivity index is 2.16. The van der Waals surface area contributed by atoms with Crippen LogP contribution in [-0.2, 0) is 6.42 Å². The predicted molar refractivity (Wildman–Crippen MR) is 98.2 cm³/mol. The Labute approximate surface area is 152 Å². The molecule has 0 atom stereocenters. The molecular weight excluding hydrogens is 324 g/mol. The van der Waals surface area contributed by atoms with Crippen LogP contribution in [0.25, 0.3) is 5.57 Å². The Morgan fingerprint density at radius 3 is 2.42 bits per heavy atom. The van der Waals surface area contributed by atoms with E-state index >= 15 is 0 Å². The summed E-state index contributed by atoms with van der Waals surface area (Å²) in [5.41, 5.74) is 3.17. The standard InChI is InChI=1S/C22H18N2O2/c1-22(2)10-15-8-7-14(21(26)17-5-3-4-6-20(17)25)9-18(15)19(11-22)16(12-23)13-24/h3-9,25H,10-11H2,1-2H3. The summed E-state index contributed by atoms with van der Waals surface area (Å²) in [5, 5.41) is 28.6. The van der Waals surface area contributed by atoms with E-state index in [1.54, 1.807) is 30.3 Å². The first-order chi connectivity index (χ1) is 12.4. The highest BCUT2D eigenvalue weighted by Crippen LogP contribution is 2.43. The zero-order valence-corrected chi connectivity index (χ0v) is 14.7. The summed E-state index contributed by atoms with van der Waals surface area (Å²) in [6.45, 7) is 4.20. The first kappa shape index (κ1) is 17.5. The van der Waals surface area contributed by atoms with E-state index < -0.39 is 0 Å². The van der Waals surface area contributed by atoms with Gasteiger partial charge in [-0.1, -0.05) is 38.1 Å². The molecule has 4 heteroatoms. The Hall–Kier alpha value is -3.37. The van der Waals surface area contributed by atoms with Gasteiger partial charge in [0, 0.05) is 5.56 Å². The van der Waals surface area contributed by atoms with Gasteiger partial charge in [-0.25, -0.2) is 0 Å². The van der Waals surface area contributed by atoms with Gasteiger partial charge in [0.05, 0.1) is 5.56 Å². The summed E-state index contributed by atoms with van der Waals surface area (Å²) >= 11 is 0. The van der Waals surface area contributed by atoms with Crippen LogP contribution in [0.4, 0.5) is 0 Å². The van der Waals surface area contributed by atoms with Crippen molar-refractivity contribution in [2.45, 2.75) is 26.7 Å². The molecule has 2 aromatic carbocycles. The zero-order chi connectivity index (χ0) is 18.9. The maximum atomic E-state index is 12.8. The molecule has 0 spiro atoms. The van der Waals surface area contributed by atoms with E-state index in [4.69, 9.17) is 0 Å². The maximum absolute atomic E-state index is 12.8. The topological polar surface area (TPSA) is 84.9 Å². The van der Waals surface area contributed by atoms with Crippen molar-refractivity contribution in [3.8, 4) is 17.9 Å². The number of ketones is 1. The van der Waals surface area contributed by atoms with Crippen molar-refractivity contribution in [1.29, 1.82) is 10.5 Å². The number of rotatable bonds is 2. The average molecular weight is 342 g/mol. The fraction of sp³-hybridized carbons (Fsp3) is 0.227. The van der Waals surface area contributed by atoms with Crippen LogP contribution in [0.15, 0.2) is 48.0 Å². The Bertz CT molecular complexity index is 1000. The van der Waals surface area contributed by atoms with Crippen molar-refractivity contribution in [1.82, 2.24) is 0 Å². The zero-order valence-electron chi connectivity index (χ0n) is 14.7. The number of fused-ring (bicyclic) bond motifs is 1. The molecule has 128 valence electrons. The highest BCUT2D eigenvalue weighted by Gasteiger charge is 2.31. The Morgan fingerprint density at radius 2 is 1.77 bits per heavy atom. The maximum Gasteiger partial charge on any atom is 0.196 e. The van der Waals surface area contributed by atoms with Gasteiger partial charge in [0.2, 0.25) is 0 Å². The van der Waals surface area contributed by atoms with E-state index in [1.807, 2.05) is 18.2 Å². The SMILES string of the molecule is CC1(C)CC(=C(C#N)C#N)c2cc(C(=O)c3ccccc3O)ccc2C1. The molecule has 1 aliphatic rings. The van der Waals surface area contributed by atoms with Crippen LogP contribution < -0.4 is 0 Å². The molecule has 0 aliphatic heterocycles. The fourth-order valence-electron chi connectivity index (χ4n) is 3.51. The van der Waals surface area contributed by atoms with E-state index in [0.717, 1.165) is 17.5 Å². The van der Waals surface area contributed by atoms with E-state index in [0.29, 0.717) is 17.6 Å². The number of phenols is 1. The number of benzene rings is 2. The molecule has 0 aromatic heterocycles. The summed E-state index contributed by atoms with van der Waals surface area (Å²) in [4.78, 5) is 12.8. The minimum atomic E-state index is -0.287. The van der Waals surface area contributed by atoms with Gasteiger partial charge < -0.3 is 5.11 Å². The number of carbonyl (C=O) groups is 1. The van der Waals surface area contributed by atoms with Crippen LogP contribution in [0.3, 0.4) is 0 Å². The van der Waals surface area contributed by atoms with Crippen LogP contribution in [0.1, 0.15) is 47.3 Å². The minimum Gasteiger partial charge on any atom is -0.507 e. The number of para-hydroxylation sites is 1. The highest BCUT2D eigenvalue weighted by molar-refractivity contribution is 6.11. The third kappa shape index (κ3) is 3.10. The van der Waals surface area contributed by atoms with Crippen LogP contribution >= 0.6 is 0 Å². The molecule has 2 aromatic rings. The number of nitriles is 2. The second-order valence-corrected chi connectivity index (χ2v) is 7.31. The van der Waals surface area contributed by atoms with Crippen LogP contribution in [0, 0.1) is 28.1 Å². The molecule has 0 radical (unpaired) electrons. The van der Waals surface area contributed by atoms with Gasteiger partial charge in [0.25, 0.3) is 0 Å². The lowest BCUT2D eigenvalue weighted by Crippen LogP contribution is -2.22. The van der Waals surface area contributed by atoms with Crippen molar-refractivity contribution in [2.24, 2.45) is 5.41 Å². The van der Waals surface area contributed by atoms with Crippen molar-refractivity contribution in [2.75, 3.05) is 0 Å². The summed E-state index contributed by atoms with van der Waals surface area (Å²) in [6.07, 6.45) is 1.41. The molecule has 0 fully saturated rings. The predicted octanol–water partition coefficient (Wildman–Crippen LogP) is 4.40. The highest BCUT2D eigenvalue weighted by atomic mass is 16.3. The van der Waals surface area contributed by atoms with Gasteiger partial charge >= 0.3 is 0 Å². The summed E-state index contributed by atoms with van der Waals surface area (Å²) < 4.78 is 0. The summed E-state index contributed by atoms with van der Waals surface area (Å²) in [5.74, 6) is -0.354. The first-order valence-corrected chi connectivity index (χ1v) is 8.35. The lowest BCUT2D eigenvalue weighted by molar-refractivity contribution is 0.103. The number of allylic oxidation sites excluding steroid dienone is 2. The molecule has 0 saturated heterocycles. The quantitative estimate of drug-likeness (QED) is 0.647. The van der Waals surface area contributed by atoms with Crippen molar-refractivity contribution in [3.05, 3.63) is 70.3 Å². The van der Waals surface area contributed by atoms with Crippen LogP contribution in [-0.4, -0.2) is 10.9 Å². The number of hydrogen-bond donors (Lipinski definition) is 1. The van der Waals surface area contributed by atoms with Gasteiger partial charge in [-0.05, 0) is 53.2 Å². The van der Waals surface area contributed by atoms with Gasteiger partial charge in [-0.3, -0.25) is 4.79 Å². The molecule has 1 N–H and O–H groups in total. The van der Waals surface area contributed by atoms with E-state index in [9.17, 15) is 20.4 Å². The van der Waals surface area contributed by atoms with E-state index in [-0.39, 0.29) is 28.1 Å². The van der Waals surface area contributed by atoms with Crippen molar-refractivity contribution < 1.29 is 9.90 Å². The number of aromatic hydroxyl groups is 1.